The Bertz CT molecular complexity index is 811. The third-order valence-corrected chi connectivity index (χ3v) is 4.51. The van der Waals surface area contributed by atoms with Crippen LogP contribution in [0.1, 0.15) is 31.4 Å². The van der Waals surface area contributed by atoms with Crippen LogP contribution in [-0.4, -0.2) is 32.8 Å². The molecule has 1 aliphatic rings. The molecule has 0 aromatic carbocycles. The van der Waals surface area contributed by atoms with Gasteiger partial charge in [0.2, 0.25) is 5.91 Å². The molecule has 0 aliphatic heterocycles. The highest BCUT2D eigenvalue weighted by Crippen LogP contribution is 2.30. The molecule has 3 rings (SSSR count). The zero-order valence-electron chi connectivity index (χ0n) is 14.7. The van der Waals surface area contributed by atoms with Crippen LogP contribution in [0.4, 0.5) is 5.82 Å². The first-order chi connectivity index (χ1) is 13.1. The number of hydrogen-bond acceptors (Lipinski definition) is 5. The van der Waals surface area contributed by atoms with Crippen molar-refractivity contribution >= 4 is 23.5 Å². The van der Waals surface area contributed by atoms with Gasteiger partial charge in [0, 0.05) is 12.4 Å². The lowest BCUT2D eigenvalue weighted by molar-refractivity contribution is -0.149. The van der Waals surface area contributed by atoms with Crippen molar-refractivity contribution in [2.45, 2.75) is 25.7 Å². The Balaban J connectivity index is 1.76. The lowest BCUT2D eigenvalue weighted by atomic mass is 9.79. The number of hydrazine groups is 1. The maximum absolute atomic E-state index is 12.6. The SMILES string of the molecule is O=C(O)C1CCCCC1C(=O)NN/C(=N/c1ccccn1)c1ccccn1. The first-order valence-corrected chi connectivity index (χ1v) is 8.85. The minimum absolute atomic E-state index is 0.324. The molecule has 1 saturated carbocycles. The van der Waals surface area contributed by atoms with Gasteiger partial charge < -0.3 is 5.11 Å². The number of carboxylic acids is 1. The molecule has 2 unspecified atom stereocenters. The van der Waals surface area contributed by atoms with Crippen molar-refractivity contribution in [2.24, 2.45) is 16.8 Å². The van der Waals surface area contributed by atoms with Crippen LogP contribution < -0.4 is 10.9 Å². The molecule has 0 bridgehead atoms. The van der Waals surface area contributed by atoms with Crippen molar-refractivity contribution in [1.29, 1.82) is 0 Å². The number of nitrogens with one attached hydrogen (secondary N) is 2. The number of rotatable bonds is 4. The van der Waals surface area contributed by atoms with Crippen LogP contribution in [-0.2, 0) is 9.59 Å². The van der Waals surface area contributed by atoms with E-state index in [2.05, 4.69) is 25.8 Å². The average molecular weight is 367 g/mol. The zero-order valence-corrected chi connectivity index (χ0v) is 14.7. The molecule has 2 atom stereocenters. The van der Waals surface area contributed by atoms with E-state index in [-0.39, 0.29) is 5.91 Å². The van der Waals surface area contributed by atoms with E-state index in [4.69, 9.17) is 0 Å². The van der Waals surface area contributed by atoms with Crippen molar-refractivity contribution < 1.29 is 14.7 Å². The molecular weight excluding hydrogens is 346 g/mol. The fraction of sp³-hybridized carbons (Fsp3) is 0.316. The molecule has 8 heteroatoms. The molecule has 140 valence electrons. The largest absolute Gasteiger partial charge is 0.481 e. The fourth-order valence-electron chi connectivity index (χ4n) is 3.14. The van der Waals surface area contributed by atoms with Crippen molar-refractivity contribution in [2.75, 3.05) is 0 Å². The molecule has 1 fully saturated rings. The molecule has 0 saturated heterocycles. The number of pyridine rings is 2. The second-order valence-electron chi connectivity index (χ2n) is 6.31. The molecule has 1 aliphatic carbocycles. The molecule has 3 N–H and O–H groups in total. The minimum Gasteiger partial charge on any atom is -0.481 e. The first-order valence-electron chi connectivity index (χ1n) is 8.85. The lowest BCUT2D eigenvalue weighted by Gasteiger charge is -2.27. The number of hydrogen-bond donors (Lipinski definition) is 3. The third kappa shape index (κ3) is 4.87. The summed E-state index contributed by atoms with van der Waals surface area (Å²) in [4.78, 5) is 36.8. The third-order valence-electron chi connectivity index (χ3n) is 4.51. The molecule has 27 heavy (non-hydrogen) atoms. The number of amidine groups is 1. The predicted octanol–water partition coefficient (Wildman–Crippen LogP) is 2.07. The molecule has 2 aromatic rings. The van der Waals surface area contributed by atoms with Gasteiger partial charge in [-0.3, -0.25) is 25.4 Å². The van der Waals surface area contributed by atoms with Crippen molar-refractivity contribution in [1.82, 2.24) is 20.8 Å². The number of amides is 1. The van der Waals surface area contributed by atoms with Gasteiger partial charge in [0.25, 0.3) is 0 Å². The van der Waals surface area contributed by atoms with Crippen LogP contribution in [0.25, 0.3) is 0 Å². The molecule has 2 aromatic heterocycles. The number of nitrogens with zero attached hydrogens (tertiary/aromatic N) is 3. The number of carbonyl (C=O) groups excluding carboxylic acids is 1. The Morgan fingerprint density at radius 1 is 0.963 bits per heavy atom. The quantitative estimate of drug-likeness (QED) is 0.433. The Morgan fingerprint density at radius 2 is 1.67 bits per heavy atom. The smallest absolute Gasteiger partial charge is 0.307 e. The van der Waals surface area contributed by atoms with Gasteiger partial charge in [-0.2, -0.15) is 0 Å². The van der Waals surface area contributed by atoms with E-state index in [0.717, 1.165) is 12.8 Å². The fourth-order valence-corrected chi connectivity index (χ4v) is 3.14. The molecule has 8 nitrogen and oxygen atoms in total. The predicted molar refractivity (Wildman–Crippen MR) is 99.0 cm³/mol. The summed E-state index contributed by atoms with van der Waals surface area (Å²) in [6, 6.07) is 10.7. The topological polar surface area (TPSA) is 117 Å². The summed E-state index contributed by atoms with van der Waals surface area (Å²) in [6.07, 6.45) is 5.98. The molecule has 2 heterocycles. The van der Waals surface area contributed by atoms with Gasteiger partial charge in [-0.1, -0.05) is 25.0 Å². The van der Waals surface area contributed by atoms with Crippen LogP contribution >= 0.6 is 0 Å². The number of aliphatic carboxylic acids is 1. The summed E-state index contributed by atoms with van der Waals surface area (Å²) in [6.45, 7) is 0. The maximum Gasteiger partial charge on any atom is 0.307 e. The van der Waals surface area contributed by atoms with E-state index in [1.54, 1.807) is 48.8 Å². The molecule has 0 radical (unpaired) electrons. The van der Waals surface area contributed by atoms with E-state index in [9.17, 15) is 14.7 Å². The summed E-state index contributed by atoms with van der Waals surface area (Å²) in [5.74, 6) is -1.73. The van der Waals surface area contributed by atoms with Gasteiger partial charge in [0.1, 0.15) is 5.69 Å². The summed E-state index contributed by atoms with van der Waals surface area (Å²) in [7, 11) is 0. The number of carboxylic acid groups (broad SMARTS) is 1. The second-order valence-corrected chi connectivity index (χ2v) is 6.31. The van der Waals surface area contributed by atoms with Crippen molar-refractivity contribution in [3.63, 3.8) is 0 Å². The van der Waals surface area contributed by atoms with Gasteiger partial charge in [-0.05, 0) is 37.1 Å². The standard InChI is InChI=1S/C19H21N5O3/c25-18(13-7-1-2-8-14(13)19(26)27)24-23-17(15-9-3-5-11-20-15)22-16-10-4-6-12-21-16/h3-6,9-14H,1-2,7-8H2,(H,24,25)(H,26,27)(H,21,22,23). The summed E-state index contributed by atoms with van der Waals surface area (Å²) in [5, 5.41) is 9.37. The highest BCUT2D eigenvalue weighted by Gasteiger charge is 2.35. The zero-order chi connectivity index (χ0) is 19.1. The van der Waals surface area contributed by atoms with E-state index in [1.165, 1.54) is 0 Å². The molecular formula is C19H21N5O3. The van der Waals surface area contributed by atoms with Gasteiger partial charge in [0.15, 0.2) is 11.7 Å². The van der Waals surface area contributed by atoms with Gasteiger partial charge in [-0.15, -0.1) is 0 Å². The van der Waals surface area contributed by atoms with Crippen molar-refractivity contribution in [3.8, 4) is 0 Å². The lowest BCUT2D eigenvalue weighted by Crippen LogP contribution is -2.48. The highest BCUT2D eigenvalue weighted by molar-refractivity contribution is 5.99. The van der Waals surface area contributed by atoms with Crippen LogP contribution in [0, 0.1) is 11.8 Å². The van der Waals surface area contributed by atoms with E-state index in [0.29, 0.717) is 30.2 Å². The average Bonchev–Trinajstić information content (AvgIpc) is 2.72. The summed E-state index contributed by atoms with van der Waals surface area (Å²) >= 11 is 0. The normalized spacial score (nSPS) is 19.9. The highest BCUT2D eigenvalue weighted by atomic mass is 16.4. The number of aromatic nitrogens is 2. The molecule has 1 amide bonds. The minimum atomic E-state index is -0.929. The van der Waals surface area contributed by atoms with Crippen molar-refractivity contribution in [3.05, 3.63) is 54.5 Å². The second kappa shape index (κ2) is 8.88. The Morgan fingerprint density at radius 3 is 2.30 bits per heavy atom. The number of carbonyl (C=O) groups is 2. The van der Waals surface area contributed by atoms with E-state index < -0.39 is 17.8 Å². The maximum atomic E-state index is 12.6. The first kappa shape index (κ1) is 18.5. The van der Waals surface area contributed by atoms with E-state index in [1.807, 2.05) is 0 Å². The number of aliphatic imine (C=N–C) groups is 1. The summed E-state index contributed by atoms with van der Waals surface area (Å²) < 4.78 is 0. The summed E-state index contributed by atoms with van der Waals surface area (Å²) in [5.41, 5.74) is 5.93. The van der Waals surface area contributed by atoms with Gasteiger partial charge in [-0.25, -0.2) is 9.98 Å². The molecule has 0 spiro atoms. The Hall–Kier alpha value is -3.29. The van der Waals surface area contributed by atoms with E-state index >= 15 is 0 Å². The Kier molecular flexibility index (Phi) is 6.09. The van der Waals surface area contributed by atoms with Gasteiger partial charge >= 0.3 is 5.97 Å². The Labute approximate surface area is 156 Å². The van der Waals surface area contributed by atoms with Crippen LogP contribution in [0.15, 0.2) is 53.8 Å². The van der Waals surface area contributed by atoms with Crippen LogP contribution in [0.5, 0.6) is 0 Å². The monoisotopic (exact) mass is 367 g/mol. The van der Waals surface area contributed by atoms with Gasteiger partial charge in [0.05, 0.1) is 11.8 Å². The van der Waals surface area contributed by atoms with Crippen LogP contribution in [0.2, 0.25) is 0 Å². The van der Waals surface area contributed by atoms with Crippen LogP contribution in [0.3, 0.4) is 0 Å².